The second-order valence-electron chi connectivity index (χ2n) is 8.02. The van der Waals surface area contributed by atoms with E-state index in [0.29, 0.717) is 16.8 Å². The van der Waals surface area contributed by atoms with Gasteiger partial charge < -0.3 is 10.3 Å². The summed E-state index contributed by atoms with van der Waals surface area (Å²) in [6, 6.07) is 16.2. The molecule has 1 saturated carbocycles. The van der Waals surface area contributed by atoms with Crippen molar-refractivity contribution in [3.8, 4) is 11.4 Å². The highest BCUT2D eigenvalue weighted by Crippen LogP contribution is 2.42. The first kappa shape index (κ1) is 21.1. The highest BCUT2D eigenvalue weighted by Gasteiger charge is 2.31. The number of aromatic nitrogens is 4. The Labute approximate surface area is 195 Å². The van der Waals surface area contributed by atoms with Gasteiger partial charge in [0, 0.05) is 33.7 Å². The lowest BCUT2D eigenvalue weighted by Gasteiger charge is -2.17. The first-order chi connectivity index (χ1) is 15.6. The zero-order valence-corrected chi connectivity index (χ0v) is 19.3. The SMILES string of the molecule is CCC(NC(=O)CSc1nnc(-c2c[nH]c3ccccc23)n1C1CC1)c1ccc(Cl)cc1. The summed E-state index contributed by atoms with van der Waals surface area (Å²) in [7, 11) is 0. The maximum absolute atomic E-state index is 12.7. The van der Waals surface area contributed by atoms with E-state index in [1.165, 1.54) is 11.8 Å². The molecule has 2 heterocycles. The Bertz CT molecular complexity index is 1250. The topological polar surface area (TPSA) is 75.6 Å². The lowest BCUT2D eigenvalue weighted by molar-refractivity contribution is -0.119. The van der Waals surface area contributed by atoms with Gasteiger partial charge in [0.05, 0.1) is 11.8 Å². The fourth-order valence-electron chi connectivity index (χ4n) is 3.96. The van der Waals surface area contributed by atoms with Crippen molar-refractivity contribution < 1.29 is 4.79 Å². The summed E-state index contributed by atoms with van der Waals surface area (Å²) in [6.45, 7) is 2.06. The molecule has 0 aliphatic heterocycles. The molecule has 32 heavy (non-hydrogen) atoms. The van der Waals surface area contributed by atoms with Crippen LogP contribution in [0.1, 0.15) is 43.8 Å². The Morgan fingerprint density at radius 1 is 1.22 bits per heavy atom. The van der Waals surface area contributed by atoms with Gasteiger partial charge in [0.2, 0.25) is 5.91 Å². The number of nitrogens with zero attached hydrogens (tertiary/aromatic N) is 3. The van der Waals surface area contributed by atoms with Crippen LogP contribution >= 0.6 is 23.4 Å². The van der Waals surface area contributed by atoms with Gasteiger partial charge in [0.25, 0.3) is 0 Å². The predicted octanol–water partition coefficient (Wildman–Crippen LogP) is 5.77. The second-order valence-corrected chi connectivity index (χ2v) is 9.40. The van der Waals surface area contributed by atoms with Gasteiger partial charge in [-0.15, -0.1) is 10.2 Å². The maximum atomic E-state index is 12.7. The average molecular weight is 466 g/mol. The van der Waals surface area contributed by atoms with Gasteiger partial charge in [-0.05, 0) is 43.0 Å². The van der Waals surface area contributed by atoms with Crippen LogP contribution in [0.2, 0.25) is 5.02 Å². The number of hydrogen-bond acceptors (Lipinski definition) is 4. The summed E-state index contributed by atoms with van der Waals surface area (Å²) in [4.78, 5) is 16.0. The molecule has 1 aliphatic carbocycles. The number of carbonyl (C=O) groups excluding carboxylic acids is 1. The Kier molecular flexibility index (Phi) is 5.93. The molecule has 0 bridgehead atoms. The highest BCUT2D eigenvalue weighted by molar-refractivity contribution is 7.99. The number of H-pyrrole nitrogens is 1. The third-order valence-corrected chi connectivity index (χ3v) is 6.95. The Hall–Kier alpha value is -2.77. The average Bonchev–Trinajstić information content (AvgIpc) is 3.42. The molecular weight excluding hydrogens is 442 g/mol. The lowest BCUT2D eigenvalue weighted by atomic mass is 10.0. The van der Waals surface area contributed by atoms with Crippen molar-refractivity contribution in [2.45, 2.75) is 43.4 Å². The number of benzene rings is 2. The number of para-hydroxylation sites is 1. The summed E-state index contributed by atoms with van der Waals surface area (Å²) in [5.41, 5.74) is 3.18. The summed E-state index contributed by atoms with van der Waals surface area (Å²) >= 11 is 7.43. The van der Waals surface area contributed by atoms with Crippen LogP contribution in [0.15, 0.2) is 59.9 Å². The van der Waals surface area contributed by atoms with Crippen LogP contribution in [0.4, 0.5) is 0 Å². The van der Waals surface area contributed by atoms with Crippen molar-refractivity contribution in [1.29, 1.82) is 0 Å². The zero-order chi connectivity index (χ0) is 22.1. The molecule has 1 amide bonds. The fourth-order valence-corrected chi connectivity index (χ4v) is 4.90. The molecular formula is C24H24ClN5OS. The molecule has 1 aliphatic rings. The third kappa shape index (κ3) is 4.27. The molecule has 1 unspecified atom stereocenters. The zero-order valence-electron chi connectivity index (χ0n) is 17.7. The summed E-state index contributed by atoms with van der Waals surface area (Å²) in [5.74, 6) is 1.14. The van der Waals surface area contributed by atoms with E-state index in [-0.39, 0.29) is 11.9 Å². The molecule has 0 spiro atoms. The quantitative estimate of drug-likeness (QED) is 0.324. The molecule has 4 aromatic rings. The molecule has 1 atom stereocenters. The Balaban J connectivity index is 1.32. The number of nitrogens with one attached hydrogen (secondary N) is 2. The van der Waals surface area contributed by atoms with Gasteiger partial charge in [0.15, 0.2) is 11.0 Å². The summed E-state index contributed by atoms with van der Waals surface area (Å²) in [5, 5.41) is 14.7. The van der Waals surface area contributed by atoms with Crippen LogP contribution in [-0.2, 0) is 4.79 Å². The fraction of sp³-hybridized carbons (Fsp3) is 0.292. The lowest BCUT2D eigenvalue weighted by Crippen LogP contribution is -2.29. The van der Waals surface area contributed by atoms with Crippen LogP contribution in [-0.4, -0.2) is 31.4 Å². The molecule has 0 saturated heterocycles. The van der Waals surface area contributed by atoms with E-state index in [2.05, 4.69) is 44.1 Å². The van der Waals surface area contributed by atoms with Crippen LogP contribution in [0.3, 0.4) is 0 Å². The van der Waals surface area contributed by atoms with Crippen LogP contribution < -0.4 is 5.32 Å². The van der Waals surface area contributed by atoms with Crippen molar-refractivity contribution >= 4 is 40.2 Å². The van der Waals surface area contributed by atoms with Gasteiger partial charge in [-0.3, -0.25) is 9.36 Å². The highest BCUT2D eigenvalue weighted by atomic mass is 35.5. The van der Waals surface area contributed by atoms with E-state index in [1.54, 1.807) is 0 Å². The third-order valence-electron chi connectivity index (χ3n) is 5.75. The number of aromatic amines is 1. The van der Waals surface area contributed by atoms with Gasteiger partial charge >= 0.3 is 0 Å². The normalized spacial score (nSPS) is 14.6. The Morgan fingerprint density at radius 2 is 2.00 bits per heavy atom. The minimum atomic E-state index is -0.0385. The standard InChI is InChI=1S/C24H24ClN5OS/c1-2-20(15-7-9-16(25)10-8-15)27-22(31)14-32-24-29-28-23(30(24)17-11-12-17)19-13-26-21-6-4-3-5-18(19)21/h3-10,13,17,20,26H,2,11-12,14H2,1H3,(H,27,31). The van der Waals surface area contributed by atoms with Crippen molar-refractivity contribution in [3.05, 3.63) is 65.3 Å². The van der Waals surface area contributed by atoms with Crippen LogP contribution in [0, 0.1) is 0 Å². The largest absolute Gasteiger partial charge is 0.360 e. The number of halogens is 1. The van der Waals surface area contributed by atoms with E-state index < -0.39 is 0 Å². The van der Waals surface area contributed by atoms with Gasteiger partial charge in [0.1, 0.15) is 0 Å². The van der Waals surface area contributed by atoms with E-state index in [9.17, 15) is 4.79 Å². The molecule has 0 radical (unpaired) electrons. The molecule has 5 rings (SSSR count). The minimum absolute atomic E-state index is 0.0178. The van der Waals surface area contributed by atoms with E-state index in [1.807, 2.05) is 42.6 Å². The number of carbonyl (C=O) groups is 1. The number of hydrogen-bond donors (Lipinski definition) is 2. The van der Waals surface area contributed by atoms with Crippen molar-refractivity contribution in [1.82, 2.24) is 25.1 Å². The van der Waals surface area contributed by atoms with Crippen molar-refractivity contribution in [2.75, 3.05) is 5.75 Å². The predicted molar refractivity (Wildman–Crippen MR) is 129 cm³/mol. The van der Waals surface area contributed by atoms with Crippen molar-refractivity contribution in [3.63, 3.8) is 0 Å². The van der Waals surface area contributed by atoms with Gasteiger partial charge in [-0.1, -0.05) is 60.6 Å². The maximum Gasteiger partial charge on any atom is 0.230 e. The first-order valence-corrected chi connectivity index (χ1v) is 12.2. The van der Waals surface area contributed by atoms with E-state index in [0.717, 1.165) is 52.3 Å². The molecule has 2 aromatic heterocycles. The van der Waals surface area contributed by atoms with Gasteiger partial charge in [-0.2, -0.15) is 0 Å². The summed E-state index contributed by atoms with van der Waals surface area (Å²) in [6.07, 6.45) is 5.02. The number of amides is 1. The smallest absolute Gasteiger partial charge is 0.230 e. The number of rotatable bonds is 8. The number of thioether (sulfide) groups is 1. The molecule has 1 fully saturated rings. The molecule has 8 heteroatoms. The molecule has 164 valence electrons. The van der Waals surface area contributed by atoms with Crippen molar-refractivity contribution in [2.24, 2.45) is 0 Å². The monoisotopic (exact) mass is 465 g/mol. The molecule has 6 nitrogen and oxygen atoms in total. The van der Waals surface area contributed by atoms with E-state index in [4.69, 9.17) is 11.6 Å². The molecule has 2 N–H and O–H groups in total. The second kappa shape index (κ2) is 9.00. The van der Waals surface area contributed by atoms with Gasteiger partial charge in [-0.25, -0.2) is 0 Å². The minimum Gasteiger partial charge on any atom is -0.360 e. The molecule has 2 aromatic carbocycles. The van der Waals surface area contributed by atoms with Crippen LogP contribution in [0.5, 0.6) is 0 Å². The number of fused-ring (bicyclic) bond motifs is 1. The van der Waals surface area contributed by atoms with Crippen LogP contribution in [0.25, 0.3) is 22.3 Å². The first-order valence-electron chi connectivity index (χ1n) is 10.8. The summed E-state index contributed by atoms with van der Waals surface area (Å²) < 4.78 is 2.20. The Morgan fingerprint density at radius 3 is 2.75 bits per heavy atom. The van der Waals surface area contributed by atoms with E-state index >= 15 is 0 Å².